The number of nitrogens with zero attached hydrogens (tertiary/aromatic N) is 3. The van der Waals surface area contributed by atoms with Crippen molar-refractivity contribution in [3.05, 3.63) is 24.3 Å². The number of carboxylic acid groups (broad SMARTS) is 1. The van der Waals surface area contributed by atoms with E-state index in [4.69, 9.17) is 10.4 Å². The quantitative estimate of drug-likeness (QED) is 0.533. The average Bonchev–Trinajstić information content (AvgIpc) is 2.78. The Bertz CT molecular complexity index is 517. The molecule has 92 valence electrons. The summed E-state index contributed by atoms with van der Waals surface area (Å²) in [6.45, 7) is 1.31. The molecule has 7 nitrogen and oxygen atoms in total. The first-order chi connectivity index (χ1) is 8.70. The molecule has 1 amide bonds. The van der Waals surface area contributed by atoms with Crippen molar-refractivity contribution in [1.82, 2.24) is 5.32 Å². The van der Waals surface area contributed by atoms with Crippen molar-refractivity contribution < 1.29 is 9.90 Å². The maximum Gasteiger partial charge on any atom is 0.409 e. The molecule has 0 saturated carbocycles. The molecular formula is C11H11N5O2. The number of rotatable bonds is 2. The predicted octanol–water partition coefficient (Wildman–Crippen LogP) is 1.02. The van der Waals surface area contributed by atoms with Crippen molar-refractivity contribution in [3.63, 3.8) is 0 Å². The highest BCUT2D eigenvalue weighted by Crippen LogP contribution is 2.19. The number of guanidine groups is 1. The molecule has 0 unspecified atom stereocenters. The largest absolute Gasteiger partial charge is 0.465 e. The molecule has 0 bridgehead atoms. The minimum atomic E-state index is -1.10. The van der Waals surface area contributed by atoms with Crippen LogP contribution in [-0.2, 0) is 0 Å². The highest BCUT2D eigenvalue weighted by Gasteiger charge is 2.18. The zero-order valence-electron chi connectivity index (χ0n) is 9.42. The molecule has 1 aliphatic heterocycles. The second-order valence-electron chi connectivity index (χ2n) is 3.57. The van der Waals surface area contributed by atoms with Gasteiger partial charge >= 0.3 is 6.09 Å². The van der Waals surface area contributed by atoms with E-state index in [0.29, 0.717) is 24.7 Å². The fourth-order valence-electron chi connectivity index (χ4n) is 1.70. The number of anilines is 2. The van der Waals surface area contributed by atoms with E-state index in [1.54, 1.807) is 24.3 Å². The van der Waals surface area contributed by atoms with Gasteiger partial charge in [-0.05, 0) is 24.3 Å². The zero-order chi connectivity index (χ0) is 13.0. The van der Waals surface area contributed by atoms with E-state index in [1.807, 2.05) is 11.1 Å². The number of nitriles is 1. The summed E-state index contributed by atoms with van der Waals surface area (Å²) in [6.07, 6.45) is 0.735. The third-order valence-electron chi connectivity index (χ3n) is 2.44. The van der Waals surface area contributed by atoms with Crippen LogP contribution >= 0.6 is 0 Å². The Morgan fingerprint density at radius 1 is 1.44 bits per heavy atom. The van der Waals surface area contributed by atoms with Crippen molar-refractivity contribution in [1.29, 1.82) is 5.26 Å². The van der Waals surface area contributed by atoms with E-state index in [9.17, 15) is 4.79 Å². The molecule has 1 aliphatic rings. The number of aliphatic imine (C=N–C) groups is 1. The molecule has 1 heterocycles. The van der Waals surface area contributed by atoms with Gasteiger partial charge in [-0.1, -0.05) is 0 Å². The number of carbonyl (C=O) groups is 1. The summed E-state index contributed by atoms with van der Waals surface area (Å²) in [5, 5.41) is 21.9. The van der Waals surface area contributed by atoms with Crippen LogP contribution in [0.5, 0.6) is 0 Å². The summed E-state index contributed by atoms with van der Waals surface area (Å²) in [4.78, 5) is 16.5. The predicted molar refractivity (Wildman–Crippen MR) is 66.5 cm³/mol. The molecule has 0 spiro atoms. The van der Waals surface area contributed by atoms with Crippen LogP contribution in [0.3, 0.4) is 0 Å². The second kappa shape index (κ2) is 5.05. The minimum absolute atomic E-state index is 0.497. The monoisotopic (exact) mass is 245 g/mol. The molecule has 1 aromatic rings. The average molecular weight is 245 g/mol. The summed E-state index contributed by atoms with van der Waals surface area (Å²) in [5.74, 6) is 0.511. The Morgan fingerprint density at radius 3 is 2.78 bits per heavy atom. The van der Waals surface area contributed by atoms with Gasteiger partial charge in [0.05, 0.1) is 6.54 Å². The summed E-state index contributed by atoms with van der Waals surface area (Å²) in [6, 6.07) is 6.86. The molecule has 3 N–H and O–H groups in total. The SMILES string of the molecule is N#CNC1=NCCN1c1ccc(NC(=O)O)cc1. The first-order valence-corrected chi connectivity index (χ1v) is 5.28. The molecular weight excluding hydrogens is 234 g/mol. The van der Waals surface area contributed by atoms with Crippen LogP contribution in [0.1, 0.15) is 0 Å². The first kappa shape index (κ1) is 11.7. The third-order valence-corrected chi connectivity index (χ3v) is 2.44. The Morgan fingerprint density at radius 2 is 2.17 bits per heavy atom. The van der Waals surface area contributed by atoms with E-state index in [-0.39, 0.29) is 0 Å². The lowest BCUT2D eigenvalue weighted by molar-refractivity contribution is 0.210. The number of hydrogen-bond acceptors (Lipinski definition) is 5. The lowest BCUT2D eigenvalue weighted by atomic mass is 10.2. The van der Waals surface area contributed by atoms with Crippen molar-refractivity contribution in [3.8, 4) is 6.19 Å². The van der Waals surface area contributed by atoms with Crippen LogP contribution in [0.15, 0.2) is 29.3 Å². The number of nitrogens with one attached hydrogen (secondary N) is 2. The van der Waals surface area contributed by atoms with E-state index in [1.165, 1.54) is 0 Å². The van der Waals surface area contributed by atoms with E-state index in [0.717, 1.165) is 5.69 Å². The third kappa shape index (κ3) is 2.49. The van der Waals surface area contributed by atoms with Gasteiger partial charge in [0.25, 0.3) is 0 Å². The highest BCUT2D eigenvalue weighted by atomic mass is 16.4. The lowest BCUT2D eigenvalue weighted by Gasteiger charge is -2.19. The standard InChI is InChI=1S/C11H11N5O2/c12-7-14-10-13-5-6-16(10)9-3-1-8(2-4-9)15-11(17)18/h1-4,15H,5-6H2,(H,13,14)(H,17,18). The van der Waals surface area contributed by atoms with Crippen LogP contribution in [-0.4, -0.2) is 30.2 Å². The van der Waals surface area contributed by atoms with Gasteiger partial charge < -0.3 is 10.0 Å². The van der Waals surface area contributed by atoms with Gasteiger partial charge in [0.2, 0.25) is 5.96 Å². The van der Waals surface area contributed by atoms with Crippen LogP contribution in [0.25, 0.3) is 0 Å². The van der Waals surface area contributed by atoms with Gasteiger partial charge in [0.1, 0.15) is 0 Å². The topological polar surface area (TPSA) is 101 Å². The smallest absolute Gasteiger partial charge is 0.409 e. The van der Waals surface area contributed by atoms with Crippen LogP contribution in [0, 0.1) is 11.5 Å². The minimum Gasteiger partial charge on any atom is -0.465 e. The van der Waals surface area contributed by atoms with E-state index in [2.05, 4.69) is 15.6 Å². The number of amides is 1. The molecule has 0 aromatic heterocycles. The molecule has 0 saturated heterocycles. The Kier molecular flexibility index (Phi) is 3.29. The zero-order valence-corrected chi connectivity index (χ0v) is 9.42. The van der Waals surface area contributed by atoms with Gasteiger partial charge in [-0.3, -0.25) is 15.6 Å². The number of benzene rings is 1. The van der Waals surface area contributed by atoms with Crippen LogP contribution in [0.2, 0.25) is 0 Å². The van der Waals surface area contributed by atoms with Gasteiger partial charge in [0, 0.05) is 17.9 Å². The van der Waals surface area contributed by atoms with Crippen molar-refractivity contribution in [2.45, 2.75) is 0 Å². The van der Waals surface area contributed by atoms with Crippen LogP contribution < -0.4 is 15.5 Å². The summed E-state index contributed by atoms with van der Waals surface area (Å²) >= 11 is 0. The molecule has 0 aliphatic carbocycles. The fraction of sp³-hybridized carbons (Fsp3) is 0.182. The highest BCUT2D eigenvalue weighted by molar-refractivity contribution is 5.98. The lowest BCUT2D eigenvalue weighted by Crippen LogP contribution is -2.35. The summed E-state index contributed by atoms with van der Waals surface area (Å²) in [5.41, 5.74) is 1.35. The Labute approximate surface area is 103 Å². The van der Waals surface area contributed by atoms with E-state index >= 15 is 0 Å². The van der Waals surface area contributed by atoms with Crippen molar-refractivity contribution in [2.24, 2.45) is 4.99 Å². The summed E-state index contributed by atoms with van der Waals surface area (Å²) < 4.78 is 0. The second-order valence-corrected chi connectivity index (χ2v) is 3.57. The Balaban J connectivity index is 2.13. The molecule has 18 heavy (non-hydrogen) atoms. The maximum atomic E-state index is 10.5. The Hall–Kier alpha value is -2.75. The maximum absolute atomic E-state index is 10.5. The summed E-state index contributed by atoms with van der Waals surface area (Å²) in [7, 11) is 0. The van der Waals surface area contributed by atoms with Crippen molar-refractivity contribution >= 4 is 23.4 Å². The van der Waals surface area contributed by atoms with Crippen LogP contribution in [0.4, 0.5) is 16.2 Å². The normalized spacial score (nSPS) is 13.7. The molecule has 2 rings (SSSR count). The molecule has 0 fully saturated rings. The van der Waals surface area contributed by atoms with Gasteiger partial charge in [0.15, 0.2) is 6.19 Å². The van der Waals surface area contributed by atoms with Crippen molar-refractivity contribution in [2.75, 3.05) is 23.3 Å². The van der Waals surface area contributed by atoms with Gasteiger partial charge in [-0.2, -0.15) is 5.26 Å². The molecule has 0 radical (unpaired) electrons. The fourth-order valence-corrected chi connectivity index (χ4v) is 1.70. The number of hydrogen-bond donors (Lipinski definition) is 3. The van der Waals surface area contributed by atoms with Gasteiger partial charge in [-0.15, -0.1) is 0 Å². The molecule has 7 heteroatoms. The molecule has 0 atom stereocenters. The first-order valence-electron chi connectivity index (χ1n) is 5.28. The van der Waals surface area contributed by atoms with E-state index < -0.39 is 6.09 Å². The molecule has 1 aromatic carbocycles. The van der Waals surface area contributed by atoms with Gasteiger partial charge in [-0.25, -0.2) is 4.79 Å².